The van der Waals surface area contributed by atoms with Gasteiger partial charge < -0.3 is 10.1 Å². The molecule has 90 valence electrons. The van der Waals surface area contributed by atoms with Crippen molar-refractivity contribution in [1.82, 2.24) is 5.32 Å². The first-order chi connectivity index (χ1) is 6.97. The summed E-state index contributed by atoms with van der Waals surface area (Å²) in [5.74, 6) is 0.695. The molecule has 0 aromatic rings. The summed E-state index contributed by atoms with van der Waals surface area (Å²) < 4.78 is 5.38. The lowest BCUT2D eigenvalue weighted by Gasteiger charge is -2.37. The number of rotatable bonds is 4. The van der Waals surface area contributed by atoms with Crippen LogP contribution in [0.2, 0.25) is 0 Å². The average Bonchev–Trinajstić information content (AvgIpc) is 2.17. The Morgan fingerprint density at radius 2 is 1.87 bits per heavy atom. The number of hydrogen-bond acceptors (Lipinski definition) is 2. The maximum atomic E-state index is 6.07. The standard InChI is InChI=1S/C12H24ClNO/c1-11(2,3)4-7-14-12(10-13)5-8-15-9-6-12/h14H,4-10H2,1-3H3. The summed E-state index contributed by atoms with van der Waals surface area (Å²) in [7, 11) is 0. The molecule has 0 aliphatic carbocycles. The van der Waals surface area contributed by atoms with Crippen molar-refractivity contribution in [3.05, 3.63) is 0 Å². The highest BCUT2D eigenvalue weighted by Gasteiger charge is 2.31. The molecule has 3 heteroatoms. The Morgan fingerprint density at radius 1 is 1.27 bits per heavy atom. The van der Waals surface area contributed by atoms with Crippen LogP contribution in [0.4, 0.5) is 0 Å². The number of halogens is 1. The van der Waals surface area contributed by atoms with Crippen molar-refractivity contribution in [3.63, 3.8) is 0 Å². The largest absolute Gasteiger partial charge is 0.381 e. The lowest BCUT2D eigenvalue weighted by atomic mass is 9.89. The van der Waals surface area contributed by atoms with Gasteiger partial charge in [-0.15, -0.1) is 11.6 Å². The van der Waals surface area contributed by atoms with Crippen molar-refractivity contribution in [2.24, 2.45) is 5.41 Å². The second-order valence-electron chi connectivity index (χ2n) is 5.76. The molecule has 0 bridgehead atoms. The molecule has 15 heavy (non-hydrogen) atoms. The van der Waals surface area contributed by atoms with Crippen LogP contribution in [0.15, 0.2) is 0 Å². The van der Waals surface area contributed by atoms with Crippen LogP contribution in [-0.2, 0) is 4.74 Å². The highest BCUT2D eigenvalue weighted by atomic mass is 35.5. The van der Waals surface area contributed by atoms with E-state index in [1.807, 2.05) is 0 Å². The van der Waals surface area contributed by atoms with Crippen LogP contribution in [0.3, 0.4) is 0 Å². The second kappa shape index (κ2) is 5.51. The molecule has 1 aliphatic heterocycles. The zero-order valence-electron chi connectivity index (χ0n) is 10.2. The Hall–Kier alpha value is 0.210. The minimum absolute atomic E-state index is 0.130. The molecule has 0 amide bonds. The van der Waals surface area contributed by atoms with Crippen LogP contribution >= 0.6 is 11.6 Å². The van der Waals surface area contributed by atoms with Crippen LogP contribution < -0.4 is 5.32 Å². The van der Waals surface area contributed by atoms with E-state index in [4.69, 9.17) is 16.3 Å². The first-order valence-corrected chi connectivity index (χ1v) is 6.40. The highest BCUT2D eigenvalue weighted by Crippen LogP contribution is 2.24. The maximum absolute atomic E-state index is 6.07. The first kappa shape index (κ1) is 13.3. The van der Waals surface area contributed by atoms with Gasteiger partial charge in [0.1, 0.15) is 0 Å². The zero-order chi connectivity index (χ0) is 11.4. The topological polar surface area (TPSA) is 21.3 Å². The van der Waals surface area contributed by atoms with Gasteiger partial charge in [0.25, 0.3) is 0 Å². The highest BCUT2D eigenvalue weighted by molar-refractivity contribution is 6.18. The number of alkyl halides is 1. The molecule has 1 fully saturated rings. The summed E-state index contributed by atoms with van der Waals surface area (Å²) in [4.78, 5) is 0. The molecule has 2 nitrogen and oxygen atoms in total. The summed E-state index contributed by atoms with van der Waals surface area (Å²) in [6.45, 7) is 9.55. The van der Waals surface area contributed by atoms with Gasteiger partial charge in [-0.2, -0.15) is 0 Å². The third-order valence-electron chi connectivity index (χ3n) is 3.08. The van der Waals surface area contributed by atoms with E-state index in [2.05, 4.69) is 26.1 Å². The van der Waals surface area contributed by atoms with Gasteiger partial charge in [-0.05, 0) is 31.2 Å². The van der Waals surface area contributed by atoms with E-state index in [1.165, 1.54) is 6.42 Å². The molecule has 0 atom stereocenters. The van der Waals surface area contributed by atoms with E-state index in [0.717, 1.165) is 32.6 Å². The Kier molecular flexibility index (Phi) is 4.88. The Bertz CT molecular complexity index is 183. The van der Waals surface area contributed by atoms with Gasteiger partial charge in [0.15, 0.2) is 0 Å². The van der Waals surface area contributed by atoms with Crippen molar-refractivity contribution < 1.29 is 4.74 Å². The minimum atomic E-state index is 0.130. The predicted molar refractivity (Wildman–Crippen MR) is 65.6 cm³/mol. The molecule has 0 spiro atoms. The third kappa shape index (κ3) is 4.71. The lowest BCUT2D eigenvalue weighted by Crippen LogP contribution is -2.51. The van der Waals surface area contributed by atoms with E-state index < -0.39 is 0 Å². The molecule has 1 aliphatic rings. The van der Waals surface area contributed by atoms with Gasteiger partial charge in [0.2, 0.25) is 0 Å². The minimum Gasteiger partial charge on any atom is -0.381 e. The second-order valence-corrected chi connectivity index (χ2v) is 6.03. The van der Waals surface area contributed by atoms with Crippen LogP contribution in [0.5, 0.6) is 0 Å². The van der Waals surface area contributed by atoms with Crippen molar-refractivity contribution in [3.8, 4) is 0 Å². The van der Waals surface area contributed by atoms with Crippen LogP contribution in [0, 0.1) is 5.41 Å². The fraction of sp³-hybridized carbons (Fsp3) is 1.00. The normalized spacial score (nSPS) is 21.6. The number of ether oxygens (including phenoxy) is 1. The van der Waals surface area contributed by atoms with Gasteiger partial charge in [-0.3, -0.25) is 0 Å². The van der Waals surface area contributed by atoms with Crippen LogP contribution in [0.25, 0.3) is 0 Å². The molecule has 0 unspecified atom stereocenters. The SMILES string of the molecule is CC(C)(C)CCNC1(CCl)CCOCC1. The molecular weight excluding hydrogens is 210 g/mol. The maximum Gasteiger partial charge on any atom is 0.0484 e. The molecule has 0 radical (unpaired) electrons. The molecule has 0 saturated carbocycles. The fourth-order valence-corrected chi connectivity index (χ4v) is 2.18. The Morgan fingerprint density at radius 3 is 2.33 bits per heavy atom. The Balaban J connectivity index is 2.33. The molecular formula is C12H24ClNO. The van der Waals surface area contributed by atoms with Gasteiger partial charge in [-0.25, -0.2) is 0 Å². The monoisotopic (exact) mass is 233 g/mol. The van der Waals surface area contributed by atoms with E-state index in [0.29, 0.717) is 11.3 Å². The van der Waals surface area contributed by atoms with Crippen molar-refractivity contribution >= 4 is 11.6 Å². The van der Waals surface area contributed by atoms with Crippen molar-refractivity contribution in [2.45, 2.75) is 45.6 Å². The van der Waals surface area contributed by atoms with Crippen LogP contribution in [-0.4, -0.2) is 31.2 Å². The van der Waals surface area contributed by atoms with E-state index in [9.17, 15) is 0 Å². The van der Waals surface area contributed by atoms with E-state index >= 15 is 0 Å². The van der Waals surface area contributed by atoms with Gasteiger partial charge in [-0.1, -0.05) is 20.8 Å². The Labute approximate surface area is 98.7 Å². The zero-order valence-corrected chi connectivity index (χ0v) is 11.0. The quantitative estimate of drug-likeness (QED) is 0.754. The first-order valence-electron chi connectivity index (χ1n) is 5.86. The summed E-state index contributed by atoms with van der Waals surface area (Å²) in [5.41, 5.74) is 0.525. The third-order valence-corrected chi connectivity index (χ3v) is 3.59. The molecule has 1 saturated heterocycles. The number of hydrogen-bond donors (Lipinski definition) is 1. The smallest absolute Gasteiger partial charge is 0.0484 e. The molecule has 1 heterocycles. The van der Waals surface area contributed by atoms with E-state index in [-0.39, 0.29) is 5.54 Å². The molecule has 1 rings (SSSR count). The number of nitrogens with one attached hydrogen (secondary N) is 1. The van der Waals surface area contributed by atoms with Gasteiger partial charge >= 0.3 is 0 Å². The fourth-order valence-electron chi connectivity index (χ4n) is 1.82. The van der Waals surface area contributed by atoms with Crippen molar-refractivity contribution in [2.75, 3.05) is 25.6 Å². The average molecular weight is 234 g/mol. The summed E-state index contributed by atoms with van der Waals surface area (Å²) in [6.07, 6.45) is 3.27. The summed E-state index contributed by atoms with van der Waals surface area (Å²) in [6, 6.07) is 0. The lowest BCUT2D eigenvalue weighted by molar-refractivity contribution is 0.0457. The molecule has 1 N–H and O–H groups in total. The van der Waals surface area contributed by atoms with Gasteiger partial charge in [0.05, 0.1) is 0 Å². The molecule has 0 aromatic carbocycles. The summed E-state index contributed by atoms with van der Waals surface area (Å²) in [5, 5.41) is 3.63. The van der Waals surface area contributed by atoms with E-state index in [1.54, 1.807) is 0 Å². The predicted octanol–water partition coefficient (Wildman–Crippen LogP) is 2.80. The molecule has 0 aromatic heterocycles. The summed E-state index contributed by atoms with van der Waals surface area (Å²) >= 11 is 6.07. The van der Waals surface area contributed by atoms with Gasteiger partial charge in [0, 0.05) is 24.6 Å². The van der Waals surface area contributed by atoms with Crippen LogP contribution in [0.1, 0.15) is 40.0 Å². The van der Waals surface area contributed by atoms with Crippen molar-refractivity contribution in [1.29, 1.82) is 0 Å².